The van der Waals surface area contributed by atoms with Gasteiger partial charge in [0.25, 0.3) is 0 Å². The van der Waals surface area contributed by atoms with Crippen molar-refractivity contribution in [3.05, 3.63) is 106 Å². The van der Waals surface area contributed by atoms with E-state index in [0.29, 0.717) is 32.3 Å². The summed E-state index contributed by atoms with van der Waals surface area (Å²) in [6.07, 6.45) is 25.0. The lowest BCUT2D eigenvalue weighted by Gasteiger charge is -2.40. The minimum atomic E-state index is 0.296. The Morgan fingerprint density at radius 2 is 1.53 bits per heavy atom. The van der Waals surface area contributed by atoms with E-state index in [2.05, 4.69) is 75.4 Å². The maximum absolute atomic E-state index is 6.31. The molecule has 8 nitrogen and oxygen atoms in total. The van der Waals surface area contributed by atoms with Gasteiger partial charge in [-0.05, 0) is 86.9 Å². The fourth-order valence-corrected chi connectivity index (χ4v) is 7.89. The molecule has 8 aliphatic rings. The number of hydrogen-bond donors (Lipinski definition) is 0. The van der Waals surface area contributed by atoms with E-state index in [1.807, 2.05) is 5.06 Å². The van der Waals surface area contributed by atoms with Gasteiger partial charge in [-0.15, -0.1) is 0 Å². The van der Waals surface area contributed by atoms with Crippen LogP contribution in [0.25, 0.3) is 0 Å². The summed E-state index contributed by atoms with van der Waals surface area (Å²) < 4.78 is 18.5. The molecule has 1 aromatic rings. The van der Waals surface area contributed by atoms with Gasteiger partial charge in [0.15, 0.2) is 12.5 Å². The van der Waals surface area contributed by atoms with E-state index in [9.17, 15) is 0 Å². The minimum absolute atomic E-state index is 0.296. The largest absolute Gasteiger partial charge is 0.478 e. The fourth-order valence-electron chi connectivity index (χ4n) is 7.89. The summed E-state index contributed by atoms with van der Waals surface area (Å²) in [5, 5.41) is 2.03. The van der Waals surface area contributed by atoms with Crippen LogP contribution in [0.2, 0.25) is 0 Å². The first-order chi connectivity index (χ1) is 22.2. The van der Waals surface area contributed by atoms with E-state index < -0.39 is 0 Å². The van der Waals surface area contributed by atoms with Gasteiger partial charge in [-0.1, -0.05) is 24.3 Å². The normalized spacial score (nSPS) is 28.0. The molecule has 0 saturated carbocycles. The third kappa shape index (κ3) is 5.28. The van der Waals surface area contributed by atoms with E-state index in [4.69, 9.17) is 19.0 Å². The highest BCUT2D eigenvalue weighted by molar-refractivity contribution is 5.55. The number of benzene rings is 1. The van der Waals surface area contributed by atoms with Crippen molar-refractivity contribution in [1.29, 1.82) is 0 Å². The van der Waals surface area contributed by atoms with Crippen LogP contribution in [-0.4, -0.2) is 66.8 Å². The van der Waals surface area contributed by atoms with Gasteiger partial charge in [0, 0.05) is 60.5 Å². The predicted octanol–water partition coefficient (Wildman–Crippen LogP) is 6.40. The lowest BCUT2D eigenvalue weighted by Crippen LogP contribution is -2.45. The summed E-state index contributed by atoms with van der Waals surface area (Å²) in [6.45, 7) is 5.49. The van der Waals surface area contributed by atoms with Crippen LogP contribution < -0.4 is 9.74 Å². The van der Waals surface area contributed by atoms with Gasteiger partial charge in [0.1, 0.15) is 25.0 Å². The molecule has 2 saturated heterocycles. The van der Waals surface area contributed by atoms with Gasteiger partial charge in [-0.2, -0.15) is 0 Å². The Balaban J connectivity index is 0.818. The van der Waals surface area contributed by atoms with Gasteiger partial charge in [0.05, 0.1) is 18.0 Å². The molecule has 1 aromatic carbocycles. The third-order valence-electron chi connectivity index (χ3n) is 10.5. The van der Waals surface area contributed by atoms with E-state index in [-0.39, 0.29) is 0 Å². The van der Waals surface area contributed by atoms with Crippen molar-refractivity contribution in [3.8, 4) is 5.75 Å². The molecule has 8 heteroatoms. The first-order valence-electron chi connectivity index (χ1n) is 16.8. The zero-order valence-electron chi connectivity index (χ0n) is 26.0. The molecule has 0 amide bonds. The van der Waals surface area contributed by atoms with Crippen molar-refractivity contribution >= 4 is 5.69 Å². The monoisotopic (exact) mass is 606 g/mol. The Morgan fingerprint density at radius 1 is 0.711 bits per heavy atom. The highest BCUT2D eigenvalue weighted by Gasteiger charge is 2.33. The Hall–Kier alpha value is -3.88. The second kappa shape index (κ2) is 11.5. The molecule has 45 heavy (non-hydrogen) atoms. The van der Waals surface area contributed by atoms with Gasteiger partial charge < -0.3 is 23.9 Å². The van der Waals surface area contributed by atoms with E-state index in [1.54, 1.807) is 0 Å². The number of allylic oxidation sites excluding steroid dienone is 4. The zero-order chi connectivity index (χ0) is 29.7. The van der Waals surface area contributed by atoms with Crippen LogP contribution in [0.15, 0.2) is 100 Å². The lowest BCUT2D eigenvalue weighted by atomic mass is 9.95. The van der Waals surface area contributed by atoms with Crippen LogP contribution in [-0.2, 0) is 20.8 Å². The van der Waals surface area contributed by atoms with Crippen molar-refractivity contribution in [2.24, 2.45) is 0 Å². The van der Waals surface area contributed by atoms with Gasteiger partial charge in [-0.25, -0.2) is 5.06 Å². The maximum Gasteiger partial charge on any atom is 0.161 e. The second-order valence-corrected chi connectivity index (χ2v) is 13.4. The highest BCUT2D eigenvalue weighted by atomic mass is 16.7. The van der Waals surface area contributed by atoms with Crippen molar-refractivity contribution in [2.75, 3.05) is 44.7 Å². The Morgan fingerprint density at radius 3 is 2.44 bits per heavy atom. The molecule has 2 atom stereocenters. The molecular weight excluding hydrogens is 564 g/mol. The zero-order valence-corrected chi connectivity index (χ0v) is 26.0. The summed E-state index contributed by atoms with van der Waals surface area (Å²) >= 11 is 0. The number of nitrogens with zero attached hydrogens (tertiary/aromatic N) is 4. The predicted molar refractivity (Wildman–Crippen MR) is 172 cm³/mol. The SMILES string of the molecule is C1=CC(N2COC3=CCC(N4COC5=CCCC=C5C4)C=C3C2)CC=C1N1Cc2cc(N3COC4=C(CCCC4)C3)ccc2O1. The average Bonchev–Trinajstić information content (AvgIpc) is 3.54. The molecule has 0 aromatic heterocycles. The molecule has 4 aliphatic heterocycles. The molecule has 4 aliphatic carbocycles. The van der Waals surface area contributed by atoms with Crippen LogP contribution in [0.4, 0.5) is 5.69 Å². The number of hydroxylamine groups is 2. The average molecular weight is 607 g/mol. The Kier molecular flexibility index (Phi) is 7.00. The standard InChI is InChI=1S/C37H42N4O4/c1-3-7-34-26(5-1)19-39(24-42-34)32-13-15-36-28(17-32)21-38(23-44-36)30-9-11-31(12-10-30)41-22-29-18-33(14-16-37(29)45-41)40-20-27-6-2-4-8-35(27)43-25-40/h5,7,9,11-12,14-18,30,32H,1-4,6,8,10,13,19-25H2. The molecule has 9 rings (SSSR count). The fraction of sp³-hybridized carbons (Fsp3) is 0.459. The quantitative estimate of drug-likeness (QED) is 0.391. The Bertz CT molecular complexity index is 1600. The van der Waals surface area contributed by atoms with Crippen LogP contribution in [0, 0.1) is 0 Å². The van der Waals surface area contributed by atoms with E-state index in [0.717, 1.165) is 81.2 Å². The summed E-state index contributed by atoms with van der Waals surface area (Å²) in [6, 6.07) is 7.20. The molecular formula is C37H42N4O4. The maximum atomic E-state index is 6.31. The van der Waals surface area contributed by atoms with Gasteiger partial charge >= 0.3 is 0 Å². The summed E-state index contributed by atoms with van der Waals surface area (Å²) in [4.78, 5) is 13.5. The molecule has 0 N–H and O–H groups in total. The summed E-state index contributed by atoms with van der Waals surface area (Å²) in [5.74, 6) is 4.34. The van der Waals surface area contributed by atoms with Crippen LogP contribution in [0.1, 0.15) is 56.9 Å². The molecule has 234 valence electrons. The molecule has 0 spiro atoms. The molecule has 4 heterocycles. The Labute approximate surface area is 265 Å². The molecule has 0 radical (unpaired) electrons. The van der Waals surface area contributed by atoms with Crippen molar-refractivity contribution < 1.29 is 19.0 Å². The number of ether oxygens (including phenoxy) is 3. The summed E-state index contributed by atoms with van der Waals surface area (Å²) in [7, 11) is 0. The van der Waals surface area contributed by atoms with Crippen LogP contribution >= 0.6 is 0 Å². The highest BCUT2D eigenvalue weighted by Crippen LogP contribution is 2.38. The number of rotatable bonds is 4. The van der Waals surface area contributed by atoms with E-state index >= 15 is 0 Å². The number of fused-ring (bicyclic) bond motifs is 3. The topological polar surface area (TPSA) is 49.9 Å². The van der Waals surface area contributed by atoms with Crippen LogP contribution in [0.5, 0.6) is 5.75 Å². The molecule has 2 fully saturated rings. The first kappa shape index (κ1) is 27.4. The molecule has 0 bridgehead atoms. The third-order valence-corrected chi connectivity index (χ3v) is 10.5. The van der Waals surface area contributed by atoms with Gasteiger partial charge in [0.2, 0.25) is 0 Å². The van der Waals surface area contributed by atoms with Gasteiger partial charge in [-0.3, -0.25) is 9.80 Å². The summed E-state index contributed by atoms with van der Waals surface area (Å²) in [5.41, 5.74) is 7.67. The minimum Gasteiger partial charge on any atom is -0.478 e. The number of anilines is 1. The van der Waals surface area contributed by atoms with E-state index in [1.165, 1.54) is 53.0 Å². The van der Waals surface area contributed by atoms with Crippen molar-refractivity contribution in [1.82, 2.24) is 14.9 Å². The molecule has 2 unspecified atom stereocenters. The van der Waals surface area contributed by atoms with Crippen molar-refractivity contribution in [2.45, 2.75) is 70.0 Å². The smallest absolute Gasteiger partial charge is 0.161 e. The van der Waals surface area contributed by atoms with Crippen LogP contribution in [0.3, 0.4) is 0 Å². The lowest BCUT2D eigenvalue weighted by molar-refractivity contribution is -0.00187. The first-order valence-corrected chi connectivity index (χ1v) is 16.8. The number of hydrogen-bond acceptors (Lipinski definition) is 8. The van der Waals surface area contributed by atoms with Crippen molar-refractivity contribution in [3.63, 3.8) is 0 Å². The second-order valence-electron chi connectivity index (χ2n) is 13.4.